The summed E-state index contributed by atoms with van der Waals surface area (Å²) in [4.78, 5) is 10.1. The minimum absolute atomic E-state index is 0.0476. The highest BCUT2D eigenvalue weighted by Crippen LogP contribution is 2.34. The first-order valence-corrected chi connectivity index (χ1v) is 4.46. The first kappa shape index (κ1) is 9.14. The number of rotatable bonds is 2. The molecule has 1 heterocycles. The number of aliphatic hydroxyl groups is 1. The number of nitro groups is 1. The molecular formula is C8H11N3O3. The minimum Gasteiger partial charge on any atom is -0.393 e. The van der Waals surface area contributed by atoms with E-state index in [-0.39, 0.29) is 17.8 Å². The monoisotopic (exact) mass is 197 g/mol. The Kier molecular flexibility index (Phi) is 1.99. The highest BCUT2D eigenvalue weighted by molar-refractivity contribution is 5.32. The Hall–Kier alpha value is -1.43. The molecule has 1 fully saturated rings. The van der Waals surface area contributed by atoms with Crippen molar-refractivity contribution in [3.05, 3.63) is 22.0 Å². The van der Waals surface area contributed by atoms with Gasteiger partial charge in [0.05, 0.1) is 17.1 Å². The quantitative estimate of drug-likeness (QED) is 0.561. The van der Waals surface area contributed by atoms with Crippen molar-refractivity contribution >= 4 is 5.69 Å². The Bertz CT molecular complexity index is 368. The van der Waals surface area contributed by atoms with Crippen LogP contribution in [0.25, 0.3) is 0 Å². The Labute approximate surface area is 80.3 Å². The lowest BCUT2D eigenvalue weighted by molar-refractivity contribution is -0.385. The van der Waals surface area contributed by atoms with Crippen LogP contribution in [0.1, 0.15) is 24.6 Å². The third kappa shape index (κ3) is 1.27. The molecule has 0 saturated heterocycles. The third-order valence-electron chi connectivity index (χ3n) is 2.65. The van der Waals surface area contributed by atoms with Crippen molar-refractivity contribution in [2.45, 2.75) is 31.9 Å². The van der Waals surface area contributed by atoms with Crippen molar-refractivity contribution in [3.63, 3.8) is 0 Å². The molecule has 2 rings (SSSR count). The molecule has 1 aliphatic carbocycles. The molecule has 0 aliphatic heterocycles. The molecule has 0 radical (unpaired) electrons. The Morgan fingerprint density at radius 2 is 2.36 bits per heavy atom. The predicted molar refractivity (Wildman–Crippen MR) is 47.9 cm³/mol. The minimum atomic E-state index is -0.437. The van der Waals surface area contributed by atoms with Gasteiger partial charge in [-0.2, -0.15) is 5.10 Å². The van der Waals surface area contributed by atoms with Crippen LogP contribution >= 0.6 is 0 Å². The summed E-state index contributed by atoms with van der Waals surface area (Å²) in [5.41, 5.74) is 0.610. The zero-order chi connectivity index (χ0) is 10.3. The van der Waals surface area contributed by atoms with Crippen LogP contribution in [-0.4, -0.2) is 25.9 Å². The van der Waals surface area contributed by atoms with E-state index in [1.54, 1.807) is 11.6 Å². The van der Waals surface area contributed by atoms with Crippen molar-refractivity contribution in [1.29, 1.82) is 0 Å². The SMILES string of the molecule is Cc1c([N+](=O)[O-])cnn1C1CC(O)C1. The van der Waals surface area contributed by atoms with Crippen molar-refractivity contribution in [1.82, 2.24) is 9.78 Å². The topological polar surface area (TPSA) is 81.2 Å². The van der Waals surface area contributed by atoms with E-state index < -0.39 is 4.92 Å². The first-order chi connectivity index (χ1) is 6.59. The third-order valence-corrected chi connectivity index (χ3v) is 2.65. The Morgan fingerprint density at radius 1 is 1.71 bits per heavy atom. The maximum absolute atomic E-state index is 10.5. The number of aliphatic hydroxyl groups excluding tert-OH is 1. The van der Waals surface area contributed by atoms with E-state index in [1.165, 1.54) is 6.20 Å². The lowest BCUT2D eigenvalue weighted by atomic mass is 9.89. The van der Waals surface area contributed by atoms with Crippen molar-refractivity contribution in [2.24, 2.45) is 0 Å². The van der Waals surface area contributed by atoms with Gasteiger partial charge in [-0.05, 0) is 19.8 Å². The second kappa shape index (κ2) is 3.06. The molecule has 1 aliphatic rings. The lowest BCUT2D eigenvalue weighted by Crippen LogP contribution is -2.31. The summed E-state index contributed by atoms with van der Waals surface area (Å²) in [6.45, 7) is 1.68. The molecular weight excluding hydrogens is 186 g/mol. The molecule has 14 heavy (non-hydrogen) atoms. The molecule has 1 aromatic heterocycles. The molecule has 76 valence electrons. The van der Waals surface area contributed by atoms with E-state index in [0.29, 0.717) is 18.5 Å². The first-order valence-electron chi connectivity index (χ1n) is 4.46. The van der Waals surface area contributed by atoms with E-state index >= 15 is 0 Å². The second-order valence-electron chi connectivity index (χ2n) is 3.60. The van der Waals surface area contributed by atoms with Gasteiger partial charge in [0.2, 0.25) is 0 Å². The molecule has 6 heteroatoms. The fraction of sp³-hybridized carbons (Fsp3) is 0.625. The van der Waals surface area contributed by atoms with Crippen molar-refractivity contribution in [3.8, 4) is 0 Å². The highest BCUT2D eigenvalue weighted by atomic mass is 16.6. The summed E-state index contributed by atoms with van der Waals surface area (Å²) in [6, 6.07) is 0.124. The molecule has 0 unspecified atom stereocenters. The number of nitrogens with zero attached hydrogens (tertiary/aromatic N) is 3. The summed E-state index contributed by atoms with van der Waals surface area (Å²) in [5.74, 6) is 0. The van der Waals surface area contributed by atoms with Crippen LogP contribution in [0.4, 0.5) is 5.69 Å². The number of hydrogen-bond donors (Lipinski definition) is 1. The van der Waals surface area contributed by atoms with Gasteiger partial charge in [-0.15, -0.1) is 0 Å². The van der Waals surface area contributed by atoms with E-state index in [4.69, 9.17) is 5.11 Å². The predicted octanol–water partition coefficient (Wildman–Crippen LogP) is 0.796. The lowest BCUT2D eigenvalue weighted by Gasteiger charge is -2.31. The van der Waals surface area contributed by atoms with E-state index in [1.807, 2.05) is 0 Å². The van der Waals surface area contributed by atoms with Crippen LogP contribution in [-0.2, 0) is 0 Å². The molecule has 1 N–H and O–H groups in total. The molecule has 1 saturated carbocycles. The van der Waals surface area contributed by atoms with E-state index in [9.17, 15) is 10.1 Å². The van der Waals surface area contributed by atoms with Crippen molar-refractivity contribution < 1.29 is 10.0 Å². The van der Waals surface area contributed by atoms with Gasteiger partial charge in [-0.1, -0.05) is 0 Å². The smallest absolute Gasteiger partial charge is 0.309 e. The molecule has 0 amide bonds. The van der Waals surface area contributed by atoms with Gasteiger partial charge in [0.1, 0.15) is 11.9 Å². The fourth-order valence-electron chi connectivity index (χ4n) is 1.72. The van der Waals surface area contributed by atoms with Crippen LogP contribution in [0.5, 0.6) is 0 Å². The van der Waals surface area contributed by atoms with Gasteiger partial charge in [0, 0.05) is 0 Å². The van der Waals surface area contributed by atoms with Gasteiger partial charge in [-0.25, -0.2) is 0 Å². The van der Waals surface area contributed by atoms with E-state index in [0.717, 1.165) is 0 Å². The van der Waals surface area contributed by atoms with Crippen molar-refractivity contribution in [2.75, 3.05) is 0 Å². The summed E-state index contributed by atoms with van der Waals surface area (Å²) >= 11 is 0. The summed E-state index contributed by atoms with van der Waals surface area (Å²) in [7, 11) is 0. The molecule has 0 bridgehead atoms. The van der Waals surface area contributed by atoms with Gasteiger partial charge < -0.3 is 5.11 Å². The number of hydrogen-bond acceptors (Lipinski definition) is 4. The Balaban J connectivity index is 2.23. The summed E-state index contributed by atoms with van der Waals surface area (Å²) in [6.07, 6.45) is 2.27. The largest absolute Gasteiger partial charge is 0.393 e. The highest BCUT2D eigenvalue weighted by Gasteiger charge is 2.32. The second-order valence-corrected chi connectivity index (χ2v) is 3.60. The zero-order valence-electron chi connectivity index (χ0n) is 7.75. The maximum atomic E-state index is 10.5. The van der Waals surface area contributed by atoms with Crippen LogP contribution in [0.15, 0.2) is 6.20 Å². The van der Waals surface area contributed by atoms with Gasteiger partial charge in [-0.3, -0.25) is 14.8 Å². The summed E-state index contributed by atoms with van der Waals surface area (Å²) < 4.78 is 1.63. The standard InChI is InChI=1S/C8H11N3O3/c1-5-8(11(13)14)4-9-10(5)6-2-7(12)3-6/h4,6-7,12H,2-3H2,1H3. The zero-order valence-corrected chi connectivity index (χ0v) is 7.75. The summed E-state index contributed by atoms with van der Waals surface area (Å²) in [5, 5.41) is 23.6. The average molecular weight is 197 g/mol. The van der Waals surface area contributed by atoms with Gasteiger partial charge in [0.15, 0.2) is 0 Å². The maximum Gasteiger partial charge on any atom is 0.309 e. The van der Waals surface area contributed by atoms with Crippen LogP contribution < -0.4 is 0 Å². The molecule has 0 atom stereocenters. The van der Waals surface area contributed by atoms with Crippen LogP contribution in [0.3, 0.4) is 0 Å². The van der Waals surface area contributed by atoms with E-state index in [2.05, 4.69) is 5.10 Å². The molecule has 6 nitrogen and oxygen atoms in total. The molecule has 0 spiro atoms. The Morgan fingerprint density at radius 3 is 2.79 bits per heavy atom. The van der Waals surface area contributed by atoms with Crippen LogP contribution in [0.2, 0.25) is 0 Å². The molecule has 1 aromatic rings. The average Bonchev–Trinajstić information content (AvgIpc) is 2.41. The van der Waals surface area contributed by atoms with Crippen LogP contribution in [0, 0.1) is 17.0 Å². The fourth-order valence-corrected chi connectivity index (χ4v) is 1.72. The van der Waals surface area contributed by atoms with Gasteiger partial charge >= 0.3 is 5.69 Å². The van der Waals surface area contributed by atoms with Gasteiger partial charge in [0.25, 0.3) is 0 Å². The normalized spacial score (nSPS) is 25.9. The number of aromatic nitrogens is 2. The molecule has 0 aromatic carbocycles.